The molecule has 2 aliphatic heterocycles. The van der Waals surface area contributed by atoms with Crippen LogP contribution in [0.4, 0.5) is 11.4 Å². The fourth-order valence-corrected chi connectivity index (χ4v) is 9.55. The van der Waals surface area contributed by atoms with E-state index in [0.717, 1.165) is 52.5 Å². The minimum Gasteiger partial charge on any atom is -0.364 e. The number of hydrogen-bond acceptors (Lipinski definition) is 6. The van der Waals surface area contributed by atoms with Gasteiger partial charge in [0.25, 0.3) is 20.2 Å². The first-order valence-corrected chi connectivity index (χ1v) is 21.7. The van der Waals surface area contributed by atoms with Crippen molar-refractivity contribution < 1.29 is 25.9 Å². The Balaban J connectivity index is 1.44. The van der Waals surface area contributed by atoms with Gasteiger partial charge >= 0.3 is 0 Å². The van der Waals surface area contributed by atoms with Gasteiger partial charge in [-0.1, -0.05) is 93.9 Å². The van der Waals surface area contributed by atoms with Crippen molar-refractivity contribution in [1.82, 2.24) is 0 Å². The van der Waals surface area contributed by atoms with Crippen molar-refractivity contribution >= 4 is 43.2 Å². The summed E-state index contributed by atoms with van der Waals surface area (Å²) in [6, 6.07) is 16.8. The van der Waals surface area contributed by atoms with E-state index in [0.29, 0.717) is 38.8 Å². The fraction of sp³-hybridized carbons (Fsp3) is 0.500. The van der Waals surface area contributed by atoms with Crippen molar-refractivity contribution in [2.75, 3.05) is 34.4 Å². The summed E-state index contributed by atoms with van der Waals surface area (Å²) in [7, 11) is -8.00. The largest absolute Gasteiger partial charge is 0.364 e. The summed E-state index contributed by atoms with van der Waals surface area (Å²) in [5.74, 6) is -0.203. The van der Waals surface area contributed by atoms with E-state index in [1.807, 2.05) is 12.1 Å². The Morgan fingerprint density at radius 3 is 2.04 bits per heavy atom. The second-order valence-corrected chi connectivity index (χ2v) is 18.7. The lowest BCUT2D eigenvalue weighted by atomic mass is 9.72. The lowest BCUT2D eigenvalue weighted by Gasteiger charge is -2.34. The van der Waals surface area contributed by atoms with E-state index in [1.54, 1.807) is 0 Å². The summed E-state index contributed by atoms with van der Waals surface area (Å²) in [4.78, 5) is 4.66. The van der Waals surface area contributed by atoms with Gasteiger partial charge in [-0.2, -0.15) is 16.8 Å². The number of para-hydroxylation sites is 2. The number of anilines is 2. The highest BCUT2D eigenvalue weighted by molar-refractivity contribution is 7.86. The molecule has 0 bridgehead atoms. The number of allylic oxidation sites excluding steroid dienone is 7. The van der Waals surface area contributed by atoms with E-state index in [9.17, 15) is 25.9 Å². The van der Waals surface area contributed by atoms with E-state index in [2.05, 4.69) is 105 Å². The van der Waals surface area contributed by atoms with Gasteiger partial charge < -0.3 is 9.80 Å². The molecule has 0 spiro atoms. The van der Waals surface area contributed by atoms with Crippen molar-refractivity contribution in [3.05, 3.63) is 106 Å². The average molecular weight is 757 g/mol. The van der Waals surface area contributed by atoms with E-state index in [-0.39, 0.29) is 34.3 Å². The summed E-state index contributed by atoms with van der Waals surface area (Å²) in [6.45, 7) is 12.5. The summed E-state index contributed by atoms with van der Waals surface area (Å²) in [5.41, 5.74) is 7.64. The first-order valence-electron chi connectivity index (χ1n) is 18.1. The highest BCUT2D eigenvalue weighted by atomic mass is 35.5. The molecule has 0 saturated heterocycles. The molecule has 2 atom stereocenters. The van der Waals surface area contributed by atoms with Crippen LogP contribution < -0.4 is 9.80 Å². The van der Waals surface area contributed by atoms with Gasteiger partial charge in [0, 0.05) is 46.0 Å². The molecule has 3 aliphatic rings. The van der Waals surface area contributed by atoms with Crippen LogP contribution in [0.1, 0.15) is 90.7 Å². The third-order valence-electron chi connectivity index (χ3n) is 11.2. The number of halogens is 1. The zero-order chi connectivity index (χ0) is 37.2. The van der Waals surface area contributed by atoms with E-state index < -0.39 is 20.2 Å². The Bertz CT molecular complexity index is 1950. The maximum atomic E-state index is 11.4. The molecule has 2 N–H and O–H groups in total. The van der Waals surface area contributed by atoms with Crippen molar-refractivity contribution in [1.29, 1.82) is 0 Å². The van der Waals surface area contributed by atoms with Crippen LogP contribution in [-0.4, -0.2) is 56.6 Å². The second-order valence-electron chi connectivity index (χ2n) is 15.2. The van der Waals surface area contributed by atoms with Crippen LogP contribution in [0.15, 0.2) is 94.7 Å². The molecule has 0 aromatic heterocycles. The van der Waals surface area contributed by atoms with E-state index in [4.69, 9.17) is 11.6 Å². The summed E-state index contributed by atoms with van der Waals surface area (Å²) in [5, 5.41) is 0.767. The van der Waals surface area contributed by atoms with Gasteiger partial charge in [-0.25, -0.2) is 0 Å². The van der Waals surface area contributed by atoms with Crippen LogP contribution in [0, 0.1) is 5.92 Å². The minimum atomic E-state index is -4.01. The van der Waals surface area contributed by atoms with Gasteiger partial charge in [0.2, 0.25) is 0 Å². The van der Waals surface area contributed by atoms with E-state index in [1.165, 1.54) is 11.1 Å². The SMILES string of the molecule is CC(C)C1(C)/C(=C\C=C2/CCCC(/C=C/C3N(CCCCS(=O)(=O)O)c4ccccc4C3(C)C)=C2Cl)N(CCCCS(=O)(=O)O)c2ccccc21. The molecule has 0 amide bonds. The minimum absolute atomic E-state index is 0.0344. The average Bonchev–Trinajstić information content (AvgIpc) is 3.43. The summed E-state index contributed by atoms with van der Waals surface area (Å²) >= 11 is 7.21. The Morgan fingerprint density at radius 1 is 0.824 bits per heavy atom. The Hall–Kier alpha value is -2.89. The van der Waals surface area contributed by atoms with Gasteiger partial charge in [0.15, 0.2) is 0 Å². The van der Waals surface area contributed by atoms with Crippen LogP contribution in [-0.2, 0) is 31.1 Å². The maximum absolute atomic E-state index is 11.4. The monoisotopic (exact) mass is 756 g/mol. The van der Waals surface area contributed by atoms with Gasteiger partial charge in [0.05, 0.1) is 17.5 Å². The van der Waals surface area contributed by atoms with Crippen molar-refractivity contribution in [3.63, 3.8) is 0 Å². The predicted octanol–water partition coefficient (Wildman–Crippen LogP) is 8.97. The number of rotatable bonds is 14. The normalized spacial score (nSPS) is 23.7. The van der Waals surface area contributed by atoms with Gasteiger partial charge in [-0.3, -0.25) is 9.11 Å². The zero-order valence-electron chi connectivity index (χ0n) is 30.5. The molecule has 11 heteroatoms. The number of unbranched alkanes of at least 4 members (excludes halogenated alkanes) is 2. The Kier molecular flexibility index (Phi) is 12.0. The molecular weight excluding hydrogens is 704 g/mol. The Labute approximate surface area is 310 Å². The lowest BCUT2D eigenvalue weighted by molar-refractivity contribution is 0.403. The molecule has 1 aliphatic carbocycles. The van der Waals surface area contributed by atoms with E-state index >= 15 is 0 Å². The standard InChI is InChI=1S/C40H53ClN2O6S2/c1-29(2)40(5)33-18-7-9-20-35(33)43(26-11-13-28-51(47,48)49)37(40)24-22-31-16-14-15-30(38(31)41)21-23-36-39(3,4)32-17-6-8-19-34(32)42(36)25-10-12-27-50(44,45)46/h6-9,17-24,29,36H,10-16,25-28H2,1-5H3,(H,44,45,46)(H,47,48,49)/b23-21+,31-22+,37-24+. The molecule has 278 valence electrons. The molecule has 2 aromatic rings. The van der Waals surface area contributed by atoms with Crippen LogP contribution in [0.3, 0.4) is 0 Å². The van der Waals surface area contributed by atoms with Gasteiger partial charge in [-0.15, -0.1) is 0 Å². The highest BCUT2D eigenvalue weighted by Crippen LogP contribution is 2.52. The molecule has 2 aromatic carbocycles. The smallest absolute Gasteiger partial charge is 0.264 e. The lowest BCUT2D eigenvalue weighted by Crippen LogP contribution is -2.40. The molecule has 2 heterocycles. The second kappa shape index (κ2) is 15.6. The topological polar surface area (TPSA) is 115 Å². The number of hydrogen-bond donors (Lipinski definition) is 2. The first-order chi connectivity index (χ1) is 23.9. The highest BCUT2D eigenvalue weighted by Gasteiger charge is 2.45. The Morgan fingerprint density at radius 2 is 1.41 bits per heavy atom. The molecular formula is C40H53ClN2O6S2. The first kappa shape index (κ1) is 39.3. The van der Waals surface area contributed by atoms with Crippen LogP contribution >= 0.6 is 11.6 Å². The number of fused-ring (bicyclic) bond motifs is 2. The molecule has 2 unspecified atom stereocenters. The van der Waals surface area contributed by atoms with Crippen molar-refractivity contribution in [2.45, 2.75) is 96.4 Å². The molecule has 0 saturated carbocycles. The van der Waals surface area contributed by atoms with Crippen LogP contribution in [0.5, 0.6) is 0 Å². The molecule has 0 radical (unpaired) electrons. The third-order valence-corrected chi connectivity index (χ3v) is 13.3. The van der Waals surface area contributed by atoms with Crippen LogP contribution in [0.2, 0.25) is 0 Å². The van der Waals surface area contributed by atoms with Crippen LogP contribution in [0.25, 0.3) is 0 Å². The zero-order valence-corrected chi connectivity index (χ0v) is 32.9. The number of benzene rings is 2. The fourth-order valence-electron chi connectivity index (χ4n) is 8.09. The third kappa shape index (κ3) is 8.68. The molecule has 8 nitrogen and oxygen atoms in total. The van der Waals surface area contributed by atoms with Gasteiger partial charge in [0.1, 0.15) is 0 Å². The molecule has 5 rings (SSSR count). The van der Waals surface area contributed by atoms with Crippen molar-refractivity contribution in [2.24, 2.45) is 5.92 Å². The van der Waals surface area contributed by atoms with Gasteiger partial charge in [-0.05, 0) is 98.3 Å². The summed E-state index contributed by atoms with van der Waals surface area (Å²) in [6.07, 6.45) is 13.5. The quantitative estimate of drug-likeness (QED) is 0.145. The predicted molar refractivity (Wildman–Crippen MR) is 210 cm³/mol. The maximum Gasteiger partial charge on any atom is 0.264 e. The molecule has 0 fully saturated rings. The van der Waals surface area contributed by atoms with Crippen molar-refractivity contribution in [3.8, 4) is 0 Å². The molecule has 51 heavy (non-hydrogen) atoms. The number of nitrogens with zero attached hydrogens (tertiary/aromatic N) is 2. The summed E-state index contributed by atoms with van der Waals surface area (Å²) < 4.78 is 64.0.